The molecule has 3 rings (SSSR count). The molecule has 136 valence electrons. The van der Waals surface area contributed by atoms with Crippen LogP contribution in [0.3, 0.4) is 0 Å². The Bertz CT molecular complexity index is 739. The summed E-state index contributed by atoms with van der Waals surface area (Å²) in [6, 6.07) is 11.4. The molecule has 1 fully saturated rings. The highest BCUT2D eigenvalue weighted by Crippen LogP contribution is 2.24. The van der Waals surface area contributed by atoms with Crippen LogP contribution in [0, 0.1) is 5.92 Å². The number of benzene rings is 1. The van der Waals surface area contributed by atoms with Crippen LogP contribution in [0.2, 0.25) is 0 Å². The van der Waals surface area contributed by atoms with Gasteiger partial charge in [0.2, 0.25) is 5.91 Å². The number of aromatic nitrogens is 1. The minimum Gasteiger partial charge on any atom is -0.481 e. The predicted molar refractivity (Wildman–Crippen MR) is 100 cm³/mol. The number of anilines is 2. The molecule has 1 aliphatic heterocycles. The molecular weight excluding hydrogens is 330 g/mol. The lowest BCUT2D eigenvalue weighted by molar-refractivity contribution is -0.137. The van der Waals surface area contributed by atoms with Crippen molar-refractivity contribution in [2.45, 2.75) is 25.7 Å². The van der Waals surface area contributed by atoms with Gasteiger partial charge in [-0.3, -0.25) is 14.6 Å². The van der Waals surface area contributed by atoms with Crippen LogP contribution >= 0.6 is 0 Å². The monoisotopic (exact) mass is 353 g/mol. The molecule has 1 saturated heterocycles. The Balaban J connectivity index is 1.49. The van der Waals surface area contributed by atoms with Crippen molar-refractivity contribution >= 4 is 23.3 Å². The molecule has 1 aromatic heterocycles. The molecule has 6 heteroatoms. The lowest BCUT2D eigenvalue weighted by Gasteiger charge is -2.32. The molecule has 0 spiro atoms. The van der Waals surface area contributed by atoms with Gasteiger partial charge in [-0.25, -0.2) is 0 Å². The average molecular weight is 353 g/mol. The Kier molecular flexibility index (Phi) is 5.84. The highest BCUT2D eigenvalue weighted by Gasteiger charge is 2.25. The van der Waals surface area contributed by atoms with E-state index in [0.29, 0.717) is 6.42 Å². The number of carboxylic acid groups (broad SMARTS) is 1. The van der Waals surface area contributed by atoms with E-state index in [2.05, 4.69) is 15.2 Å². The standard InChI is InChI=1S/C20H23N3O3/c24-19(25)6-3-15-1-4-17(5-2-15)22-20(26)16-9-13-23(14-10-16)18-7-11-21-12-8-18/h1-2,4-5,7-8,11-12,16H,3,6,9-10,13-14H2,(H,22,26)(H,24,25). The molecule has 0 radical (unpaired) electrons. The number of hydrogen-bond acceptors (Lipinski definition) is 4. The van der Waals surface area contributed by atoms with E-state index < -0.39 is 5.97 Å². The smallest absolute Gasteiger partial charge is 0.303 e. The van der Waals surface area contributed by atoms with E-state index in [1.165, 1.54) is 0 Å². The molecule has 6 nitrogen and oxygen atoms in total. The van der Waals surface area contributed by atoms with Crippen molar-refractivity contribution in [2.24, 2.45) is 5.92 Å². The van der Waals surface area contributed by atoms with Crippen LogP contribution in [0.5, 0.6) is 0 Å². The Hall–Kier alpha value is -2.89. The van der Waals surface area contributed by atoms with Crippen molar-refractivity contribution in [2.75, 3.05) is 23.3 Å². The number of piperidine rings is 1. The van der Waals surface area contributed by atoms with Crippen molar-refractivity contribution in [1.82, 2.24) is 4.98 Å². The second kappa shape index (κ2) is 8.47. The Morgan fingerprint density at radius 3 is 2.35 bits per heavy atom. The Morgan fingerprint density at radius 1 is 1.08 bits per heavy atom. The number of nitrogens with zero attached hydrogens (tertiary/aromatic N) is 2. The van der Waals surface area contributed by atoms with Gasteiger partial charge >= 0.3 is 5.97 Å². The number of aryl methyl sites for hydroxylation is 1. The summed E-state index contributed by atoms with van der Waals surface area (Å²) in [4.78, 5) is 29.4. The molecule has 2 heterocycles. The molecule has 0 atom stereocenters. The van der Waals surface area contributed by atoms with E-state index in [-0.39, 0.29) is 18.2 Å². The number of nitrogens with one attached hydrogen (secondary N) is 1. The lowest BCUT2D eigenvalue weighted by Crippen LogP contribution is -2.38. The van der Waals surface area contributed by atoms with Crippen molar-refractivity contribution in [3.63, 3.8) is 0 Å². The first-order chi connectivity index (χ1) is 12.6. The van der Waals surface area contributed by atoms with Crippen LogP contribution in [-0.2, 0) is 16.0 Å². The summed E-state index contributed by atoms with van der Waals surface area (Å²) < 4.78 is 0. The van der Waals surface area contributed by atoms with Gasteiger partial charge in [0.05, 0.1) is 0 Å². The summed E-state index contributed by atoms with van der Waals surface area (Å²) in [5.74, 6) is -0.738. The van der Waals surface area contributed by atoms with Gasteiger partial charge in [0.1, 0.15) is 0 Å². The van der Waals surface area contributed by atoms with Crippen LogP contribution in [0.25, 0.3) is 0 Å². The van der Waals surface area contributed by atoms with Gasteiger partial charge in [-0.1, -0.05) is 12.1 Å². The SMILES string of the molecule is O=C(O)CCc1ccc(NC(=O)C2CCN(c3ccncc3)CC2)cc1. The third kappa shape index (κ3) is 4.81. The molecule has 1 aliphatic rings. The number of hydrogen-bond donors (Lipinski definition) is 2. The average Bonchev–Trinajstić information content (AvgIpc) is 2.68. The van der Waals surface area contributed by atoms with Gasteiger partial charge in [-0.15, -0.1) is 0 Å². The molecule has 0 aliphatic carbocycles. The second-order valence-electron chi connectivity index (χ2n) is 6.55. The Labute approximate surface area is 152 Å². The second-order valence-corrected chi connectivity index (χ2v) is 6.55. The van der Waals surface area contributed by atoms with Crippen LogP contribution in [0.4, 0.5) is 11.4 Å². The zero-order valence-corrected chi connectivity index (χ0v) is 14.6. The molecular formula is C20H23N3O3. The third-order valence-electron chi connectivity index (χ3n) is 4.74. The number of carbonyl (C=O) groups is 2. The molecule has 2 N–H and O–H groups in total. The minimum absolute atomic E-state index is 0.0137. The van der Waals surface area contributed by atoms with Gasteiger partial charge < -0.3 is 15.3 Å². The van der Waals surface area contributed by atoms with Gasteiger partial charge in [0, 0.05) is 49.2 Å². The van der Waals surface area contributed by atoms with Gasteiger partial charge in [0.15, 0.2) is 0 Å². The summed E-state index contributed by atoms with van der Waals surface area (Å²) in [5, 5.41) is 11.7. The Morgan fingerprint density at radius 2 is 1.73 bits per heavy atom. The highest BCUT2D eigenvalue weighted by molar-refractivity contribution is 5.92. The van der Waals surface area contributed by atoms with Crippen LogP contribution in [-0.4, -0.2) is 35.1 Å². The van der Waals surface area contributed by atoms with Crippen LogP contribution < -0.4 is 10.2 Å². The minimum atomic E-state index is -0.805. The zero-order valence-electron chi connectivity index (χ0n) is 14.6. The van der Waals surface area contributed by atoms with Gasteiger partial charge in [-0.2, -0.15) is 0 Å². The number of carboxylic acids is 1. The quantitative estimate of drug-likeness (QED) is 0.834. The largest absolute Gasteiger partial charge is 0.481 e. The fourth-order valence-electron chi connectivity index (χ4n) is 3.21. The summed E-state index contributed by atoms with van der Waals surface area (Å²) >= 11 is 0. The molecule has 1 amide bonds. The molecule has 0 unspecified atom stereocenters. The first kappa shape index (κ1) is 17.9. The van der Waals surface area contributed by atoms with Crippen molar-refractivity contribution < 1.29 is 14.7 Å². The first-order valence-electron chi connectivity index (χ1n) is 8.88. The third-order valence-corrected chi connectivity index (χ3v) is 4.74. The van der Waals surface area contributed by atoms with Crippen LogP contribution in [0.15, 0.2) is 48.8 Å². The van der Waals surface area contributed by atoms with Crippen molar-refractivity contribution in [1.29, 1.82) is 0 Å². The summed E-state index contributed by atoms with van der Waals surface area (Å²) in [6.07, 6.45) is 5.83. The maximum Gasteiger partial charge on any atom is 0.303 e. The van der Waals surface area contributed by atoms with E-state index >= 15 is 0 Å². The molecule has 0 saturated carbocycles. The zero-order chi connectivity index (χ0) is 18.4. The van der Waals surface area contributed by atoms with E-state index in [1.807, 2.05) is 36.4 Å². The first-order valence-corrected chi connectivity index (χ1v) is 8.88. The van der Waals surface area contributed by atoms with E-state index in [4.69, 9.17) is 5.11 Å². The van der Waals surface area contributed by atoms with Crippen molar-refractivity contribution in [3.8, 4) is 0 Å². The number of aliphatic carboxylic acids is 1. The number of carbonyl (C=O) groups excluding carboxylic acids is 1. The number of rotatable bonds is 6. The van der Waals surface area contributed by atoms with E-state index in [9.17, 15) is 9.59 Å². The molecule has 2 aromatic rings. The maximum absolute atomic E-state index is 12.5. The van der Waals surface area contributed by atoms with Gasteiger partial charge in [0.25, 0.3) is 0 Å². The van der Waals surface area contributed by atoms with E-state index in [1.54, 1.807) is 12.4 Å². The van der Waals surface area contributed by atoms with E-state index in [0.717, 1.165) is 42.9 Å². The summed E-state index contributed by atoms with van der Waals surface area (Å²) in [7, 11) is 0. The summed E-state index contributed by atoms with van der Waals surface area (Å²) in [5.41, 5.74) is 2.86. The normalized spacial score (nSPS) is 14.8. The van der Waals surface area contributed by atoms with Crippen LogP contribution in [0.1, 0.15) is 24.8 Å². The lowest BCUT2D eigenvalue weighted by atomic mass is 9.95. The number of amides is 1. The topological polar surface area (TPSA) is 82.5 Å². The molecule has 0 bridgehead atoms. The fourth-order valence-corrected chi connectivity index (χ4v) is 3.21. The van der Waals surface area contributed by atoms with Crippen molar-refractivity contribution in [3.05, 3.63) is 54.4 Å². The summed E-state index contributed by atoms with van der Waals surface area (Å²) in [6.45, 7) is 1.71. The fraction of sp³-hybridized carbons (Fsp3) is 0.350. The highest BCUT2D eigenvalue weighted by atomic mass is 16.4. The van der Waals surface area contributed by atoms with Gasteiger partial charge in [-0.05, 0) is 49.1 Å². The molecule has 26 heavy (non-hydrogen) atoms. The molecule has 1 aromatic carbocycles. The maximum atomic E-state index is 12.5. The predicted octanol–water partition coefficient (Wildman–Crippen LogP) is 2.95. The number of pyridine rings is 1.